The van der Waals surface area contributed by atoms with Gasteiger partial charge in [0.15, 0.2) is 0 Å². The number of nitrogens with zero attached hydrogens (tertiary/aromatic N) is 1. The van der Waals surface area contributed by atoms with E-state index in [1.165, 1.54) is 25.1 Å². The Bertz CT molecular complexity index is 577. The number of hydrogen-bond donors (Lipinski definition) is 1. The molecule has 0 aliphatic heterocycles. The summed E-state index contributed by atoms with van der Waals surface area (Å²) in [6.45, 7) is 1.41. The van der Waals surface area contributed by atoms with Crippen LogP contribution in [-0.4, -0.2) is 35.1 Å². The molecule has 0 saturated carbocycles. The van der Waals surface area contributed by atoms with Gasteiger partial charge in [-0.15, -0.1) is 0 Å². The number of ketones is 2. The zero-order valence-electron chi connectivity index (χ0n) is 10.2. The summed E-state index contributed by atoms with van der Waals surface area (Å²) in [6.07, 6.45) is 0. The second kappa shape index (κ2) is 7.02. The van der Waals surface area contributed by atoms with E-state index in [-0.39, 0.29) is 22.2 Å². The standard InChI is InChI=1S/C12H9Cl2NO5/c1-2-20-12(18)11(17)9(15-19)10(16)8-6(13)4-3-5-7(8)14/h3-5,19H,2H2,1H3. The minimum atomic E-state index is -1.38. The van der Waals surface area contributed by atoms with Crippen molar-refractivity contribution < 1.29 is 24.3 Å². The highest BCUT2D eigenvalue weighted by atomic mass is 35.5. The summed E-state index contributed by atoms with van der Waals surface area (Å²) in [5.74, 6) is -3.76. The summed E-state index contributed by atoms with van der Waals surface area (Å²) in [5.41, 5.74) is -1.25. The highest BCUT2D eigenvalue weighted by Gasteiger charge is 2.31. The van der Waals surface area contributed by atoms with Crippen LogP contribution in [0.2, 0.25) is 10.0 Å². The topological polar surface area (TPSA) is 93.0 Å². The molecule has 0 aliphatic carbocycles. The quantitative estimate of drug-likeness (QED) is 0.171. The third-order valence-corrected chi connectivity index (χ3v) is 2.81. The molecule has 0 unspecified atom stereocenters. The maximum absolute atomic E-state index is 12.1. The van der Waals surface area contributed by atoms with Gasteiger partial charge in [-0.3, -0.25) is 9.59 Å². The number of halogens is 2. The zero-order chi connectivity index (χ0) is 15.3. The fourth-order valence-electron chi connectivity index (χ4n) is 1.32. The third-order valence-electron chi connectivity index (χ3n) is 2.18. The fourth-order valence-corrected chi connectivity index (χ4v) is 1.89. The first kappa shape index (κ1) is 16.1. The van der Waals surface area contributed by atoms with E-state index < -0.39 is 23.2 Å². The molecular weight excluding hydrogens is 309 g/mol. The molecule has 0 radical (unpaired) electrons. The molecule has 0 heterocycles. The predicted molar refractivity (Wildman–Crippen MR) is 71.7 cm³/mol. The molecule has 1 aromatic rings. The van der Waals surface area contributed by atoms with Crippen molar-refractivity contribution in [2.45, 2.75) is 6.92 Å². The Labute approximate surface area is 123 Å². The Hall–Kier alpha value is -1.92. The summed E-state index contributed by atoms with van der Waals surface area (Å²) in [4.78, 5) is 35.0. The van der Waals surface area contributed by atoms with E-state index >= 15 is 0 Å². The molecule has 6 nitrogen and oxygen atoms in total. The minimum Gasteiger partial charge on any atom is -0.460 e. The maximum Gasteiger partial charge on any atom is 0.381 e. The number of oxime groups is 1. The highest BCUT2D eigenvalue weighted by Crippen LogP contribution is 2.25. The van der Waals surface area contributed by atoms with Crippen molar-refractivity contribution in [3.8, 4) is 0 Å². The Balaban J connectivity index is 3.18. The monoisotopic (exact) mass is 317 g/mol. The Morgan fingerprint density at radius 2 is 1.80 bits per heavy atom. The largest absolute Gasteiger partial charge is 0.460 e. The molecule has 1 aromatic carbocycles. The van der Waals surface area contributed by atoms with Gasteiger partial charge >= 0.3 is 5.97 Å². The molecule has 1 N–H and O–H groups in total. The molecule has 1 rings (SSSR count). The summed E-state index contributed by atoms with van der Waals surface area (Å²) >= 11 is 11.6. The van der Waals surface area contributed by atoms with Crippen molar-refractivity contribution in [3.05, 3.63) is 33.8 Å². The van der Waals surface area contributed by atoms with Gasteiger partial charge in [-0.2, -0.15) is 0 Å². The summed E-state index contributed by atoms with van der Waals surface area (Å²) < 4.78 is 4.43. The smallest absolute Gasteiger partial charge is 0.381 e. The predicted octanol–water partition coefficient (Wildman–Crippen LogP) is 2.14. The Morgan fingerprint density at radius 3 is 2.25 bits per heavy atom. The van der Waals surface area contributed by atoms with E-state index in [4.69, 9.17) is 28.4 Å². The van der Waals surface area contributed by atoms with Crippen LogP contribution in [0.5, 0.6) is 0 Å². The maximum atomic E-state index is 12.1. The van der Waals surface area contributed by atoms with E-state index in [0.717, 1.165) is 0 Å². The minimum absolute atomic E-state index is 0.0414. The van der Waals surface area contributed by atoms with Gasteiger partial charge in [0.1, 0.15) is 0 Å². The average Bonchev–Trinajstić information content (AvgIpc) is 2.39. The van der Waals surface area contributed by atoms with Crippen LogP contribution in [-0.2, 0) is 14.3 Å². The lowest BCUT2D eigenvalue weighted by Gasteiger charge is -2.06. The number of rotatable bonds is 5. The molecule has 0 spiro atoms. The van der Waals surface area contributed by atoms with E-state index in [0.29, 0.717) is 0 Å². The van der Waals surface area contributed by atoms with Crippen molar-refractivity contribution in [1.29, 1.82) is 0 Å². The van der Waals surface area contributed by atoms with Gasteiger partial charge in [0.2, 0.25) is 11.5 Å². The molecule has 0 amide bonds. The van der Waals surface area contributed by atoms with Gasteiger partial charge in [-0.1, -0.05) is 34.4 Å². The molecule has 0 aliphatic rings. The fraction of sp³-hybridized carbons (Fsp3) is 0.167. The van der Waals surface area contributed by atoms with Crippen molar-refractivity contribution >= 4 is 46.4 Å². The second-order valence-corrected chi connectivity index (χ2v) is 4.24. The van der Waals surface area contributed by atoms with Crippen LogP contribution in [0.15, 0.2) is 23.4 Å². The van der Waals surface area contributed by atoms with Gasteiger partial charge in [-0.05, 0) is 19.1 Å². The normalized spacial score (nSPS) is 11.1. The molecule has 0 bridgehead atoms. The van der Waals surface area contributed by atoms with Crippen molar-refractivity contribution in [2.75, 3.05) is 6.61 Å². The lowest BCUT2D eigenvalue weighted by atomic mass is 10.0. The number of hydrogen-bond acceptors (Lipinski definition) is 6. The average molecular weight is 318 g/mol. The van der Waals surface area contributed by atoms with Crippen LogP contribution in [0.25, 0.3) is 0 Å². The second-order valence-electron chi connectivity index (χ2n) is 3.42. The van der Waals surface area contributed by atoms with Crippen LogP contribution in [0.1, 0.15) is 17.3 Å². The molecule has 0 saturated heterocycles. The number of benzene rings is 1. The lowest BCUT2D eigenvalue weighted by Crippen LogP contribution is -2.32. The summed E-state index contributed by atoms with van der Waals surface area (Å²) in [7, 11) is 0. The van der Waals surface area contributed by atoms with Crippen molar-refractivity contribution in [3.63, 3.8) is 0 Å². The molecule has 8 heteroatoms. The van der Waals surface area contributed by atoms with Gasteiger partial charge in [-0.25, -0.2) is 4.79 Å². The summed E-state index contributed by atoms with van der Waals surface area (Å²) in [5, 5.41) is 11.2. The first-order chi connectivity index (χ1) is 9.43. The van der Waals surface area contributed by atoms with Crippen LogP contribution >= 0.6 is 23.2 Å². The number of esters is 1. The molecule has 106 valence electrons. The van der Waals surface area contributed by atoms with Crippen LogP contribution < -0.4 is 0 Å². The van der Waals surface area contributed by atoms with Gasteiger partial charge < -0.3 is 9.94 Å². The molecule has 0 atom stereocenters. The van der Waals surface area contributed by atoms with Crippen molar-refractivity contribution in [2.24, 2.45) is 5.16 Å². The number of carbonyl (C=O) groups excluding carboxylic acids is 3. The molecule has 20 heavy (non-hydrogen) atoms. The van der Waals surface area contributed by atoms with E-state index in [9.17, 15) is 14.4 Å². The third kappa shape index (κ3) is 3.34. The Kier molecular flexibility index (Phi) is 5.66. The summed E-state index contributed by atoms with van der Waals surface area (Å²) in [6, 6.07) is 4.22. The van der Waals surface area contributed by atoms with E-state index in [2.05, 4.69) is 9.89 Å². The first-order valence-corrected chi connectivity index (χ1v) is 6.11. The highest BCUT2D eigenvalue weighted by molar-refractivity contribution is 6.81. The molecule has 0 aromatic heterocycles. The first-order valence-electron chi connectivity index (χ1n) is 5.36. The number of Topliss-reactive ketones (excluding diaryl/α,β-unsaturated/α-hetero) is 2. The molecular formula is C12H9Cl2NO5. The van der Waals surface area contributed by atoms with E-state index in [1.807, 2.05) is 0 Å². The number of ether oxygens (including phenoxy) is 1. The molecule has 0 fully saturated rings. The van der Waals surface area contributed by atoms with Crippen molar-refractivity contribution in [1.82, 2.24) is 0 Å². The lowest BCUT2D eigenvalue weighted by molar-refractivity contribution is -0.150. The van der Waals surface area contributed by atoms with Gasteiger partial charge in [0.05, 0.1) is 22.2 Å². The zero-order valence-corrected chi connectivity index (χ0v) is 11.7. The Morgan fingerprint density at radius 1 is 1.25 bits per heavy atom. The van der Waals surface area contributed by atoms with E-state index in [1.54, 1.807) is 0 Å². The van der Waals surface area contributed by atoms with Crippen LogP contribution in [0.4, 0.5) is 0 Å². The van der Waals surface area contributed by atoms with Gasteiger partial charge in [0, 0.05) is 0 Å². The van der Waals surface area contributed by atoms with Gasteiger partial charge in [0.25, 0.3) is 5.78 Å². The SMILES string of the molecule is CCOC(=O)C(=O)C(=NO)C(=O)c1c(Cl)cccc1Cl. The number of carbonyl (C=O) groups is 3. The van der Waals surface area contributed by atoms with Crippen LogP contribution in [0, 0.1) is 0 Å². The van der Waals surface area contributed by atoms with Crippen LogP contribution in [0.3, 0.4) is 0 Å².